The van der Waals surface area contributed by atoms with Crippen molar-refractivity contribution in [3.8, 4) is 11.5 Å². The Morgan fingerprint density at radius 1 is 0.700 bits per heavy atom. The second-order valence-corrected chi connectivity index (χ2v) is 8.85. The van der Waals surface area contributed by atoms with Crippen molar-refractivity contribution < 1.29 is 19.1 Å². The number of hydrogen-bond donors (Lipinski definition) is 2. The molecule has 0 radical (unpaired) electrons. The van der Waals surface area contributed by atoms with Gasteiger partial charge in [-0.05, 0) is 74.2 Å². The first-order valence-corrected chi connectivity index (χ1v) is 11.1. The Labute approximate surface area is 194 Å². The number of carbonyl (C=O) groups is 2. The number of ether oxygens (including phenoxy) is 2. The Hall–Kier alpha value is -2.06. The van der Waals surface area contributed by atoms with Crippen molar-refractivity contribution in [3.63, 3.8) is 0 Å². The zero-order valence-electron chi connectivity index (χ0n) is 17.5. The number of rotatable bonds is 9. The standard InChI is InChI=1S/C22H26Br2N2O4/c1-13-7-17(23)8-14(2)21(13)29-11-19(27)25-5-6-26-20(28)12-30-22-15(3)9-18(24)10-16(22)4/h7-10H,5-6,11-12H2,1-4H3,(H,25,27)(H,26,28). The van der Waals surface area contributed by atoms with E-state index in [0.717, 1.165) is 31.2 Å². The minimum absolute atomic E-state index is 0.0809. The summed E-state index contributed by atoms with van der Waals surface area (Å²) in [4.78, 5) is 24.0. The molecule has 0 aliphatic heterocycles. The van der Waals surface area contributed by atoms with E-state index < -0.39 is 0 Å². The Morgan fingerprint density at radius 2 is 1.00 bits per heavy atom. The van der Waals surface area contributed by atoms with Gasteiger partial charge in [0.05, 0.1) is 0 Å². The number of aryl methyl sites for hydroxylation is 4. The van der Waals surface area contributed by atoms with E-state index >= 15 is 0 Å². The molecule has 2 amide bonds. The van der Waals surface area contributed by atoms with E-state index in [-0.39, 0.29) is 25.0 Å². The summed E-state index contributed by atoms with van der Waals surface area (Å²) in [6.45, 7) is 8.18. The minimum Gasteiger partial charge on any atom is -0.483 e. The zero-order valence-corrected chi connectivity index (χ0v) is 20.7. The molecular weight excluding hydrogens is 516 g/mol. The molecule has 2 rings (SSSR count). The highest BCUT2D eigenvalue weighted by atomic mass is 79.9. The van der Waals surface area contributed by atoms with Crippen LogP contribution in [0.2, 0.25) is 0 Å². The third-order valence-corrected chi connectivity index (χ3v) is 5.23. The van der Waals surface area contributed by atoms with Gasteiger partial charge in [-0.1, -0.05) is 31.9 Å². The number of carbonyl (C=O) groups excluding carboxylic acids is 2. The highest BCUT2D eigenvalue weighted by Crippen LogP contribution is 2.28. The number of nitrogens with one attached hydrogen (secondary N) is 2. The molecule has 2 aromatic rings. The third-order valence-electron chi connectivity index (χ3n) is 4.31. The van der Waals surface area contributed by atoms with Crippen LogP contribution in [-0.2, 0) is 9.59 Å². The SMILES string of the molecule is Cc1cc(Br)cc(C)c1OCC(=O)NCCNC(=O)COc1c(C)cc(Br)cc1C. The molecule has 0 unspecified atom stereocenters. The molecule has 8 heteroatoms. The van der Waals surface area contributed by atoms with Crippen LogP contribution in [0.1, 0.15) is 22.3 Å². The lowest BCUT2D eigenvalue weighted by Crippen LogP contribution is -2.38. The molecule has 30 heavy (non-hydrogen) atoms. The molecule has 0 heterocycles. The molecule has 0 saturated heterocycles. The van der Waals surface area contributed by atoms with Crippen molar-refractivity contribution in [1.82, 2.24) is 10.6 Å². The summed E-state index contributed by atoms with van der Waals surface area (Å²) in [5.74, 6) is 0.918. The summed E-state index contributed by atoms with van der Waals surface area (Å²) in [6.07, 6.45) is 0. The lowest BCUT2D eigenvalue weighted by atomic mass is 10.1. The van der Waals surface area contributed by atoms with Crippen LogP contribution in [0.4, 0.5) is 0 Å². The number of benzene rings is 2. The van der Waals surface area contributed by atoms with Crippen molar-refractivity contribution in [3.05, 3.63) is 55.5 Å². The molecule has 0 fully saturated rings. The minimum atomic E-state index is -0.247. The third kappa shape index (κ3) is 7.32. The summed E-state index contributed by atoms with van der Waals surface area (Å²) in [5, 5.41) is 5.45. The molecule has 0 saturated carbocycles. The fraction of sp³-hybridized carbons (Fsp3) is 0.364. The van der Waals surface area contributed by atoms with Crippen molar-refractivity contribution in [1.29, 1.82) is 0 Å². The summed E-state index contributed by atoms with van der Waals surface area (Å²) >= 11 is 6.87. The summed E-state index contributed by atoms with van der Waals surface area (Å²) in [6, 6.07) is 7.76. The number of halogens is 2. The molecule has 2 N–H and O–H groups in total. The summed E-state index contributed by atoms with van der Waals surface area (Å²) < 4.78 is 13.2. The predicted molar refractivity (Wildman–Crippen MR) is 124 cm³/mol. The van der Waals surface area contributed by atoms with Gasteiger partial charge in [0.15, 0.2) is 13.2 Å². The quantitative estimate of drug-likeness (QED) is 0.468. The van der Waals surface area contributed by atoms with E-state index in [9.17, 15) is 9.59 Å². The van der Waals surface area contributed by atoms with Gasteiger partial charge in [-0.3, -0.25) is 9.59 Å². The van der Waals surface area contributed by atoms with Gasteiger partial charge in [0.25, 0.3) is 11.8 Å². The topological polar surface area (TPSA) is 76.7 Å². The molecule has 162 valence electrons. The van der Waals surface area contributed by atoms with E-state index in [2.05, 4.69) is 42.5 Å². The molecule has 0 atom stereocenters. The fourth-order valence-electron chi connectivity index (χ4n) is 3.03. The van der Waals surface area contributed by atoms with Crippen LogP contribution in [-0.4, -0.2) is 38.1 Å². The van der Waals surface area contributed by atoms with E-state index in [1.807, 2.05) is 52.0 Å². The maximum absolute atomic E-state index is 12.0. The predicted octanol–water partition coefficient (Wildman–Crippen LogP) is 4.14. The second-order valence-electron chi connectivity index (χ2n) is 7.01. The van der Waals surface area contributed by atoms with Gasteiger partial charge in [-0.25, -0.2) is 0 Å². The summed E-state index contributed by atoms with van der Waals surface area (Å²) in [5.41, 5.74) is 3.83. The van der Waals surface area contributed by atoms with Gasteiger partial charge in [-0.2, -0.15) is 0 Å². The molecule has 0 aromatic heterocycles. The number of hydrogen-bond acceptors (Lipinski definition) is 4. The maximum Gasteiger partial charge on any atom is 0.258 e. The molecule has 0 aliphatic carbocycles. The van der Waals surface area contributed by atoms with E-state index in [0.29, 0.717) is 24.6 Å². The fourth-order valence-corrected chi connectivity index (χ4v) is 4.41. The molecule has 0 spiro atoms. The normalized spacial score (nSPS) is 10.5. The number of amides is 2. The molecule has 6 nitrogen and oxygen atoms in total. The van der Waals surface area contributed by atoms with Crippen LogP contribution in [0.5, 0.6) is 11.5 Å². The van der Waals surface area contributed by atoms with Crippen molar-refractivity contribution >= 4 is 43.7 Å². The first kappa shape index (κ1) is 24.2. The highest BCUT2D eigenvalue weighted by molar-refractivity contribution is 9.10. The monoisotopic (exact) mass is 540 g/mol. The first-order valence-electron chi connectivity index (χ1n) is 9.50. The average Bonchev–Trinajstić information content (AvgIpc) is 2.63. The average molecular weight is 542 g/mol. The van der Waals surface area contributed by atoms with E-state index in [1.54, 1.807) is 0 Å². The van der Waals surface area contributed by atoms with Crippen molar-refractivity contribution in [2.24, 2.45) is 0 Å². The van der Waals surface area contributed by atoms with Crippen molar-refractivity contribution in [2.75, 3.05) is 26.3 Å². The van der Waals surface area contributed by atoms with Gasteiger partial charge in [0.2, 0.25) is 0 Å². The van der Waals surface area contributed by atoms with Crippen LogP contribution in [0.15, 0.2) is 33.2 Å². The second kappa shape index (κ2) is 11.4. The van der Waals surface area contributed by atoms with Gasteiger partial charge < -0.3 is 20.1 Å². The van der Waals surface area contributed by atoms with Crippen LogP contribution >= 0.6 is 31.9 Å². The summed E-state index contributed by atoms with van der Waals surface area (Å²) in [7, 11) is 0. The Kier molecular flexibility index (Phi) is 9.17. The van der Waals surface area contributed by atoms with Crippen LogP contribution in [0, 0.1) is 27.7 Å². The zero-order chi connectivity index (χ0) is 22.3. The Morgan fingerprint density at radius 3 is 1.30 bits per heavy atom. The van der Waals surface area contributed by atoms with E-state index in [4.69, 9.17) is 9.47 Å². The van der Waals surface area contributed by atoms with Crippen LogP contribution < -0.4 is 20.1 Å². The molecule has 0 aliphatic rings. The van der Waals surface area contributed by atoms with Crippen LogP contribution in [0.3, 0.4) is 0 Å². The first-order chi connectivity index (χ1) is 14.2. The Balaban J connectivity index is 1.67. The lowest BCUT2D eigenvalue weighted by Gasteiger charge is -2.14. The maximum atomic E-state index is 12.0. The molecular formula is C22H26Br2N2O4. The van der Waals surface area contributed by atoms with Gasteiger partial charge >= 0.3 is 0 Å². The van der Waals surface area contributed by atoms with Gasteiger partial charge in [-0.15, -0.1) is 0 Å². The lowest BCUT2D eigenvalue weighted by molar-refractivity contribution is -0.124. The Bertz CT molecular complexity index is 810. The smallest absolute Gasteiger partial charge is 0.258 e. The highest BCUT2D eigenvalue weighted by Gasteiger charge is 2.10. The van der Waals surface area contributed by atoms with Gasteiger partial charge in [0.1, 0.15) is 11.5 Å². The van der Waals surface area contributed by atoms with E-state index in [1.165, 1.54) is 0 Å². The largest absolute Gasteiger partial charge is 0.483 e. The molecule has 2 aromatic carbocycles. The van der Waals surface area contributed by atoms with Crippen molar-refractivity contribution in [2.45, 2.75) is 27.7 Å². The van der Waals surface area contributed by atoms with Crippen LogP contribution in [0.25, 0.3) is 0 Å². The van der Waals surface area contributed by atoms with Gasteiger partial charge in [0, 0.05) is 22.0 Å². The molecule has 0 bridgehead atoms.